The number of nitrogens with two attached hydrogens (primary N) is 2. The van der Waals surface area contributed by atoms with Gasteiger partial charge in [0.05, 0.1) is 0 Å². The molecule has 1 heterocycles. The second-order valence-electron chi connectivity index (χ2n) is 5.08. The zero-order valence-corrected chi connectivity index (χ0v) is 14.5. The predicted molar refractivity (Wildman–Crippen MR) is 106 cm³/mol. The molecule has 2 aromatic rings. The number of rotatable bonds is 3. The third-order valence-corrected chi connectivity index (χ3v) is 3.80. The number of benzene rings is 1. The lowest BCUT2D eigenvalue weighted by Crippen LogP contribution is -2.29. The molecule has 1 aliphatic rings. The Kier molecular flexibility index (Phi) is 12.6. The third-order valence-electron chi connectivity index (χ3n) is 3.80. The molecule has 0 saturated heterocycles. The third kappa shape index (κ3) is 6.36. The fourth-order valence-electron chi connectivity index (χ4n) is 2.65. The molecular formula is C15H36N4O3S. The summed E-state index contributed by atoms with van der Waals surface area (Å²) in [6.07, 6.45) is 4.71. The van der Waals surface area contributed by atoms with Crippen LogP contribution >= 0.6 is 13.5 Å². The lowest BCUT2D eigenvalue weighted by atomic mass is 9.86. The van der Waals surface area contributed by atoms with Crippen LogP contribution in [-0.2, 0) is 0 Å². The molecule has 7 nitrogen and oxygen atoms in total. The number of anilines is 1. The summed E-state index contributed by atoms with van der Waals surface area (Å²) >= 11 is 0. The number of nitrogens with one attached hydrogen (secondary N) is 1. The summed E-state index contributed by atoms with van der Waals surface area (Å²) in [5, 5.41) is 3.40. The molecule has 3 rings (SSSR count). The van der Waals surface area contributed by atoms with Crippen LogP contribution in [-0.4, -0.2) is 35.6 Å². The molecule has 0 aliphatic heterocycles. The number of oxazole rings is 1. The van der Waals surface area contributed by atoms with Gasteiger partial charge in [0.15, 0.2) is 5.58 Å². The van der Waals surface area contributed by atoms with Gasteiger partial charge in [-0.2, -0.15) is 18.5 Å². The number of para-hydroxylation sites is 2. The van der Waals surface area contributed by atoms with Crippen molar-refractivity contribution in [2.75, 3.05) is 18.9 Å². The van der Waals surface area contributed by atoms with Crippen molar-refractivity contribution >= 4 is 30.6 Å². The van der Waals surface area contributed by atoms with Crippen LogP contribution in [0.1, 0.15) is 30.0 Å². The van der Waals surface area contributed by atoms with Gasteiger partial charge in [0.1, 0.15) is 5.52 Å². The Morgan fingerprint density at radius 1 is 1.17 bits per heavy atom. The SMILES string of the molecule is CN.NCC1CCC(Nc2nc3ccccc3o2)CC1.O.O.S.[HH].[HH].[HH]. The topological polar surface area (TPSA) is 153 Å². The van der Waals surface area contributed by atoms with Gasteiger partial charge in [-0.15, -0.1) is 0 Å². The quantitative estimate of drug-likeness (QED) is 0.764. The van der Waals surface area contributed by atoms with Crippen LogP contribution in [0.5, 0.6) is 0 Å². The lowest BCUT2D eigenvalue weighted by Gasteiger charge is -2.27. The van der Waals surface area contributed by atoms with Gasteiger partial charge in [0, 0.05) is 10.3 Å². The van der Waals surface area contributed by atoms with Gasteiger partial charge in [0.2, 0.25) is 0 Å². The van der Waals surface area contributed by atoms with Crippen LogP contribution in [0.2, 0.25) is 0 Å². The molecule has 1 saturated carbocycles. The number of fused-ring (bicyclic) bond motifs is 1. The average molecular weight is 353 g/mol. The molecule has 0 unspecified atom stereocenters. The highest BCUT2D eigenvalue weighted by atomic mass is 32.1. The van der Waals surface area contributed by atoms with E-state index in [2.05, 4.69) is 16.0 Å². The standard InChI is InChI=1S/C14H19N3O.CH5N.2H2O.H2S.3H2/c15-9-10-5-7-11(8-6-10)16-14-17-12-3-1-2-4-13(12)18-14;1-2;;;;;;/h1-4,10-11H,5-9,15H2,(H,16,17);2H2,1H3;3*1H2;3*1H. The zero-order chi connectivity index (χ0) is 14.4. The van der Waals surface area contributed by atoms with Crippen molar-refractivity contribution < 1.29 is 19.6 Å². The van der Waals surface area contributed by atoms with Crippen molar-refractivity contribution in [2.24, 2.45) is 17.4 Å². The summed E-state index contributed by atoms with van der Waals surface area (Å²) in [5.74, 6) is 0.701. The van der Waals surface area contributed by atoms with E-state index in [1.807, 2.05) is 24.3 Å². The molecule has 0 radical (unpaired) electrons. The largest absolute Gasteiger partial charge is 0.424 e. The van der Waals surface area contributed by atoms with Crippen molar-refractivity contribution in [3.8, 4) is 0 Å². The van der Waals surface area contributed by atoms with Crippen molar-refractivity contribution in [2.45, 2.75) is 31.7 Å². The molecule has 1 aliphatic carbocycles. The highest BCUT2D eigenvalue weighted by Crippen LogP contribution is 2.26. The zero-order valence-electron chi connectivity index (χ0n) is 13.5. The van der Waals surface area contributed by atoms with Crippen LogP contribution in [0.3, 0.4) is 0 Å². The van der Waals surface area contributed by atoms with E-state index in [9.17, 15) is 0 Å². The highest BCUT2D eigenvalue weighted by molar-refractivity contribution is 7.59. The van der Waals surface area contributed by atoms with E-state index in [-0.39, 0.29) is 28.7 Å². The summed E-state index contributed by atoms with van der Waals surface area (Å²) in [7, 11) is 1.50. The molecule has 23 heavy (non-hydrogen) atoms. The van der Waals surface area contributed by atoms with Gasteiger partial charge in [-0.3, -0.25) is 0 Å². The second kappa shape index (κ2) is 12.1. The minimum atomic E-state index is 0. The van der Waals surface area contributed by atoms with Crippen molar-refractivity contribution in [1.82, 2.24) is 4.98 Å². The number of hydrogen-bond acceptors (Lipinski definition) is 5. The van der Waals surface area contributed by atoms with Gasteiger partial charge in [-0.1, -0.05) is 12.1 Å². The number of hydrogen-bond donors (Lipinski definition) is 3. The van der Waals surface area contributed by atoms with Crippen LogP contribution in [0.25, 0.3) is 11.1 Å². The maximum atomic E-state index is 5.70. The van der Waals surface area contributed by atoms with Crippen LogP contribution in [0.15, 0.2) is 28.7 Å². The lowest BCUT2D eigenvalue weighted by molar-refractivity contribution is 0.341. The average Bonchev–Trinajstić information content (AvgIpc) is 2.92. The first-order valence-corrected chi connectivity index (χ1v) is 7.25. The van der Waals surface area contributed by atoms with Gasteiger partial charge >= 0.3 is 0 Å². The highest BCUT2D eigenvalue weighted by Gasteiger charge is 2.21. The molecule has 8 heteroatoms. The minimum Gasteiger partial charge on any atom is -0.424 e. The van der Waals surface area contributed by atoms with Crippen LogP contribution in [0, 0.1) is 5.92 Å². The Morgan fingerprint density at radius 2 is 1.78 bits per heavy atom. The summed E-state index contributed by atoms with van der Waals surface area (Å²) in [6.45, 7) is 0.815. The van der Waals surface area contributed by atoms with Gasteiger partial charge in [0.25, 0.3) is 6.01 Å². The molecule has 1 aromatic carbocycles. The first-order valence-electron chi connectivity index (χ1n) is 7.25. The molecule has 0 bridgehead atoms. The second-order valence-corrected chi connectivity index (χ2v) is 5.08. The van der Waals surface area contributed by atoms with Gasteiger partial charge in [-0.25, -0.2) is 0 Å². The van der Waals surface area contributed by atoms with Crippen molar-refractivity contribution in [3.63, 3.8) is 0 Å². The monoisotopic (exact) mass is 352 g/mol. The fraction of sp³-hybridized carbons (Fsp3) is 0.533. The van der Waals surface area contributed by atoms with Gasteiger partial charge < -0.3 is 32.2 Å². The van der Waals surface area contributed by atoms with E-state index in [1.54, 1.807) is 0 Å². The minimum absolute atomic E-state index is 0. The van der Waals surface area contributed by atoms with E-state index in [0.717, 1.165) is 30.5 Å². The Morgan fingerprint density at radius 3 is 2.35 bits per heavy atom. The fourth-order valence-corrected chi connectivity index (χ4v) is 2.65. The Balaban J connectivity index is -0.000000178. The molecular weight excluding hydrogens is 316 g/mol. The van der Waals surface area contributed by atoms with Crippen LogP contribution < -0.4 is 16.8 Å². The van der Waals surface area contributed by atoms with Gasteiger partial charge in [-0.05, 0) is 57.3 Å². The normalized spacial score (nSPS) is 19.3. The van der Waals surface area contributed by atoms with E-state index in [4.69, 9.17) is 10.2 Å². The Bertz CT molecular complexity index is 511. The summed E-state index contributed by atoms with van der Waals surface area (Å²) in [5.41, 5.74) is 12.0. The first-order chi connectivity index (χ1) is 9.85. The van der Waals surface area contributed by atoms with E-state index < -0.39 is 0 Å². The van der Waals surface area contributed by atoms with Crippen LogP contribution in [0.4, 0.5) is 6.01 Å². The van der Waals surface area contributed by atoms with E-state index in [1.165, 1.54) is 19.9 Å². The van der Waals surface area contributed by atoms with E-state index in [0.29, 0.717) is 18.0 Å². The molecule has 0 atom stereocenters. The maximum absolute atomic E-state index is 5.70. The maximum Gasteiger partial charge on any atom is 0.295 e. The molecule has 9 N–H and O–H groups in total. The summed E-state index contributed by atoms with van der Waals surface area (Å²) < 4.78 is 5.68. The number of nitrogens with zero attached hydrogens (tertiary/aromatic N) is 1. The molecule has 0 spiro atoms. The van der Waals surface area contributed by atoms with E-state index >= 15 is 0 Å². The predicted octanol–water partition coefficient (Wildman–Crippen LogP) is 1.53. The van der Waals surface area contributed by atoms with Crippen molar-refractivity contribution in [3.05, 3.63) is 24.3 Å². The molecule has 0 amide bonds. The Labute approximate surface area is 148 Å². The number of aromatic nitrogens is 1. The first kappa shape index (κ1) is 23.9. The Hall–Kier alpha value is -1.32. The van der Waals surface area contributed by atoms with Crippen molar-refractivity contribution in [1.29, 1.82) is 0 Å². The molecule has 1 aromatic heterocycles. The molecule has 140 valence electrons. The molecule has 1 fully saturated rings. The summed E-state index contributed by atoms with van der Waals surface area (Å²) in [4.78, 5) is 4.44. The smallest absolute Gasteiger partial charge is 0.295 e. The summed E-state index contributed by atoms with van der Waals surface area (Å²) in [6, 6.07) is 8.96.